The van der Waals surface area contributed by atoms with E-state index < -0.39 is 6.03 Å². The number of carbonyl (C=O) groups is 1. The molecule has 208 valence electrons. The van der Waals surface area contributed by atoms with Crippen molar-refractivity contribution in [3.63, 3.8) is 0 Å². The van der Waals surface area contributed by atoms with E-state index in [2.05, 4.69) is 0 Å². The number of aliphatic hydroxyl groups is 1. The van der Waals surface area contributed by atoms with Crippen LogP contribution in [0.25, 0.3) is 26.3 Å². The molecule has 11 heteroatoms. The maximum absolute atomic E-state index is 12.7. The van der Waals surface area contributed by atoms with Crippen molar-refractivity contribution in [1.82, 2.24) is 19.3 Å². The maximum atomic E-state index is 12.7. The Labute approximate surface area is 244 Å². The molecular weight excluding hydrogens is 557 g/mol. The third-order valence-electron chi connectivity index (χ3n) is 6.66. The Balaban J connectivity index is 1.33. The van der Waals surface area contributed by atoms with Crippen LogP contribution >= 0.6 is 23.1 Å². The first kappa shape index (κ1) is 26.9. The summed E-state index contributed by atoms with van der Waals surface area (Å²) in [6.45, 7) is 6.01. The fraction of sp³-hybridized carbons (Fsp3) is 0.167. The number of rotatable bonds is 6. The number of para-hydroxylation sites is 1. The highest BCUT2D eigenvalue weighted by Crippen LogP contribution is 2.37. The van der Waals surface area contributed by atoms with E-state index in [1.807, 2.05) is 73.7 Å². The van der Waals surface area contributed by atoms with Crippen LogP contribution in [-0.2, 0) is 12.0 Å². The van der Waals surface area contributed by atoms with E-state index in [0.717, 1.165) is 47.6 Å². The van der Waals surface area contributed by atoms with Gasteiger partial charge in [-0.05, 0) is 54.1 Å². The summed E-state index contributed by atoms with van der Waals surface area (Å²) < 4.78 is 3.11. The molecule has 3 heterocycles. The molecular formula is C30H28N6O3S2. The average molecular weight is 585 g/mol. The Morgan fingerprint density at radius 2 is 1.76 bits per heavy atom. The maximum Gasteiger partial charge on any atom is 0.340 e. The number of aliphatic hydroxyl groups excluding tert-OH is 1. The number of imidazole rings is 1. The van der Waals surface area contributed by atoms with Gasteiger partial charge in [0.15, 0.2) is 4.96 Å². The van der Waals surface area contributed by atoms with Crippen molar-refractivity contribution in [2.45, 2.75) is 42.7 Å². The third-order valence-corrected chi connectivity index (χ3v) is 8.71. The zero-order chi connectivity index (χ0) is 28.9. The van der Waals surface area contributed by atoms with E-state index in [9.17, 15) is 15.0 Å². The van der Waals surface area contributed by atoms with Gasteiger partial charge in [0, 0.05) is 15.9 Å². The van der Waals surface area contributed by atoms with Crippen LogP contribution in [0.3, 0.4) is 0 Å². The van der Waals surface area contributed by atoms with Gasteiger partial charge in [-0.25, -0.2) is 9.78 Å². The Morgan fingerprint density at radius 3 is 2.41 bits per heavy atom. The van der Waals surface area contributed by atoms with Gasteiger partial charge in [-0.1, -0.05) is 68.1 Å². The molecule has 0 saturated carbocycles. The normalized spacial score (nSPS) is 11.9. The van der Waals surface area contributed by atoms with Gasteiger partial charge in [0.1, 0.15) is 10.8 Å². The Hall–Kier alpha value is -4.32. The first-order chi connectivity index (χ1) is 19.6. The van der Waals surface area contributed by atoms with Gasteiger partial charge in [-0.2, -0.15) is 14.9 Å². The van der Waals surface area contributed by atoms with E-state index in [4.69, 9.17) is 15.8 Å². The van der Waals surface area contributed by atoms with Crippen molar-refractivity contribution in [2.24, 2.45) is 5.73 Å². The number of nitrogens with zero attached hydrogens (tertiary/aromatic N) is 5. The minimum atomic E-state index is -0.686. The Morgan fingerprint density at radius 1 is 1.05 bits per heavy atom. The number of fused-ring (bicyclic) bond motifs is 3. The molecule has 2 amide bonds. The van der Waals surface area contributed by atoms with Crippen molar-refractivity contribution in [3.05, 3.63) is 90.4 Å². The van der Waals surface area contributed by atoms with Gasteiger partial charge in [0.25, 0.3) is 0 Å². The molecule has 3 aromatic heterocycles. The van der Waals surface area contributed by atoms with E-state index in [0.29, 0.717) is 5.69 Å². The van der Waals surface area contributed by atoms with Crippen LogP contribution in [0.4, 0.5) is 10.5 Å². The zero-order valence-corrected chi connectivity index (χ0v) is 24.3. The largest absolute Gasteiger partial charge is 0.508 e. The number of nitrogens with two attached hydrogens (primary N) is 1. The Bertz CT molecular complexity index is 1880. The Kier molecular flexibility index (Phi) is 6.72. The van der Waals surface area contributed by atoms with Crippen molar-refractivity contribution >= 4 is 50.0 Å². The minimum absolute atomic E-state index is 0.142. The molecule has 0 aliphatic carbocycles. The third kappa shape index (κ3) is 4.92. The number of carbonyl (C=O) groups excluding carboxylic acids is 1. The van der Waals surface area contributed by atoms with E-state index in [1.165, 1.54) is 21.6 Å². The van der Waals surface area contributed by atoms with Gasteiger partial charge in [0.2, 0.25) is 0 Å². The summed E-state index contributed by atoms with van der Waals surface area (Å²) in [4.78, 5) is 20.7. The molecule has 0 radical (unpaired) electrons. The zero-order valence-electron chi connectivity index (χ0n) is 22.6. The van der Waals surface area contributed by atoms with Crippen LogP contribution in [0.1, 0.15) is 32.2 Å². The molecule has 3 aromatic carbocycles. The topological polar surface area (TPSA) is 122 Å². The van der Waals surface area contributed by atoms with Crippen LogP contribution in [-0.4, -0.2) is 35.5 Å². The number of phenolic OH excluding ortho intramolecular Hbond substituents is 1. The smallest absolute Gasteiger partial charge is 0.340 e. The van der Waals surface area contributed by atoms with Crippen molar-refractivity contribution < 1.29 is 15.0 Å². The second-order valence-electron chi connectivity index (χ2n) is 10.6. The second-order valence-corrected chi connectivity index (χ2v) is 12.6. The molecule has 0 saturated heterocycles. The number of hydrogen-bond acceptors (Lipinski definition) is 7. The summed E-state index contributed by atoms with van der Waals surface area (Å²) in [7, 11) is 0. The SMILES string of the molecule is CC(C)(C)c1nn(N(C(N)=O)c2ccc(Sc3nc4sc5ccccc5n4c3CO)cc2)cc1-c1ccc(O)cc1. The van der Waals surface area contributed by atoms with Gasteiger partial charge in [-0.3, -0.25) is 4.40 Å². The fourth-order valence-corrected chi connectivity index (χ4v) is 6.76. The number of hydrogen-bond donors (Lipinski definition) is 3. The number of primary amides is 1. The highest BCUT2D eigenvalue weighted by molar-refractivity contribution is 7.99. The quantitative estimate of drug-likeness (QED) is 0.208. The highest BCUT2D eigenvalue weighted by atomic mass is 32.2. The summed E-state index contributed by atoms with van der Waals surface area (Å²) in [6, 6.07) is 21.6. The monoisotopic (exact) mass is 584 g/mol. The molecule has 0 fully saturated rings. The fourth-order valence-electron chi connectivity index (χ4n) is 4.76. The van der Waals surface area contributed by atoms with Gasteiger partial charge in [-0.15, -0.1) is 0 Å². The van der Waals surface area contributed by atoms with Crippen molar-refractivity contribution in [3.8, 4) is 16.9 Å². The molecule has 0 atom stereocenters. The number of urea groups is 1. The average Bonchev–Trinajstić information content (AvgIpc) is 3.62. The number of thiazole rings is 1. The summed E-state index contributed by atoms with van der Waals surface area (Å²) >= 11 is 3.03. The molecule has 6 rings (SSSR count). The molecule has 0 spiro atoms. The molecule has 0 aliphatic rings. The summed E-state index contributed by atoms with van der Waals surface area (Å²) in [5.41, 5.74) is 10.3. The van der Waals surface area contributed by atoms with E-state index >= 15 is 0 Å². The van der Waals surface area contributed by atoms with Crippen LogP contribution < -0.4 is 10.7 Å². The number of anilines is 1. The number of aromatic nitrogens is 4. The van der Waals surface area contributed by atoms with Crippen LogP contribution in [0.15, 0.2) is 88.9 Å². The van der Waals surface area contributed by atoms with Gasteiger partial charge in [0.05, 0.1) is 40.1 Å². The second kappa shape index (κ2) is 10.3. The van der Waals surface area contributed by atoms with Crippen molar-refractivity contribution in [2.75, 3.05) is 5.01 Å². The molecule has 41 heavy (non-hydrogen) atoms. The lowest BCUT2D eigenvalue weighted by Crippen LogP contribution is -2.40. The van der Waals surface area contributed by atoms with Crippen LogP contribution in [0.2, 0.25) is 0 Å². The summed E-state index contributed by atoms with van der Waals surface area (Å²) in [6.07, 6.45) is 1.77. The summed E-state index contributed by atoms with van der Waals surface area (Å²) in [5.74, 6) is 0.171. The number of amides is 2. The number of benzene rings is 3. The first-order valence-electron chi connectivity index (χ1n) is 12.9. The predicted molar refractivity (Wildman–Crippen MR) is 163 cm³/mol. The first-order valence-corrected chi connectivity index (χ1v) is 14.5. The van der Waals surface area contributed by atoms with Crippen LogP contribution in [0, 0.1) is 0 Å². The summed E-state index contributed by atoms with van der Waals surface area (Å²) in [5, 5.41) is 26.8. The standard InChI is InChI=1S/C30H28N6O3S2/c1-30(2,3)26-22(18-8-12-20(38)13-9-18)16-34(33-26)36(28(31)39)19-10-14-21(15-11-19)40-27-24(17-37)35-23-6-4-5-7-25(23)41-29(35)32-27/h4-16,37-38H,17H2,1-3H3,(H2,31,39). The molecule has 4 N–H and O–H groups in total. The van der Waals surface area contributed by atoms with Gasteiger partial charge < -0.3 is 15.9 Å². The lowest BCUT2D eigenvalue weighted by atomic mass is 9.87. The predicted octanol–water partition coefficient (Wildman–Crippen LogP) is 6.41. The molecule has 0 bridgehead atoms. The lowest BCUT2D eigenvalue weighted by Gasteiger charge is -2.21. The molecule has 0 aliphatic heterocycles. The van der Waals surface area contributed by atoms with Gasteiger partial charge >= 0.3 is 6.03 Å². The van der Waals surface area contributed by atoms with Crippen molar-refractivity contribution in [1.29, 1.82) is 0 Å². The molecule has 0 unspecified atom stereocenters. The minimum Gasteiger partial charge on any atom is -0.508 e. The van der Waals surface area contributed by atoms with E-state index in [-0.39, 0.29) is 17.8 Å². The van der Waals surface area contributed by atoms with Crippen LogP contribution in [0.5, 0.6) is 5.75 Å². The number of aromatic hydroxyl groups is 1. The number of phenols is 1. The van der Waals surface area contributed by atoms with E-state index in [1.54, 1.807) is 41.8 Å². The highest BCUT2D eigenvalue weighted by Gasteiger charge is 2.27. The molecule has 6 aromatic rings. The molecule has 9 nitrogen and oxygen atoms in total. The lowest BCUT2D eigenvalue weighted by molar-refractivity contribution is 0.251.